The molecule has 0 unspecified atom stereocenters. The van der Waals surface area contributed by atoms with Gasteiger partial charge in [-0.1, -0.05) is 53.7 Å². The quantitative estimate of drug-likeness (QED) is 0.435. The van der Waals surface area contributed by atoms with Crippen molar-refractivity contribution in [1.29, 1.82) is 0 Å². The number of para-hydroxylation sites is 1. The van der Waals surface area contributed by atoms with Gasteiger partial charge in [0.25, 0.3) is 15.9 Å². The zero-order valence-electron chi connectivity index (χ0n) is 15.9. The lowest BCUT2D eigenvalue weighted by molar-refractivity contribution is 0.433. The molecule has 6 nitrogen and oxygen atoms in total. The van der Waals surface area contributed by atoms with Gasteiger partial charge in [0.1, 0.15) is 4.90 Å². The first-order valence-electron chi connectivity index (χ1n) is 9.08. The van der Waals surface area contributed by atoms with Crippen LogP contribution in [0, 0.1) is 6.92 Å². The Morgan fingerprint density at radius 3 is 2.34 bits per heavy atom. The highest BCUT2D eigenvalue weighted by molar-refractivity contribution is 7.93. The molecule has 148 valence electrons. The second-order valence-electron chi connectivity index (χ2n) is 6.33. The third kappa shape index (κ3) is 3.68. The van der Waals surface area contributed by atoms with Crippen LogP contribution in [-0.2, 0) is 10.0 Å². The Labute approximate surface area is 173 Å². The van der Waals surface area contributed by atoms with E-state index in [-0.39, 0.29) is 4.90 Å². The fourth-order valence-corrected chi connectivity index (χ4v) is 6.02. The van der Waals surface area contributed by atoms with Crippen LogP contribution < -0.4 is 4.31 Å². The Morgan fingerprint density at radius 2 is 1.69 bits per heavy atom. The van der Waals surface area contributed by atoms with Crippen LogP contribution in [-0.4, -0.2) is 25.1 Å². The van der Waals surface area contributed by atoms with Crippen LogP contribution >= 0.6 is 11.3 Å². The number of aromatic nitrogens is 2. The van der Waals surface area contributed by atoms with Gasteiger partial charge in [-0.3, -0.25) is 4.31 Å². The molecule has 0 aliphatic heterocycles. The number of thiophene rings is 1. The molecule has 0 amide bonds. The van der Waals surface area contributed by atoms with Crippen molar-refractivity contribution in [3.05, 3.63) is 71.6 Å². The molecule has 0 N–H and O–H groups in total. The van der Waals surface area contributed by atoms with E-state index in [2.05, 4.69) is 10.1 Å². The van der Waals surface area contributed by atoms with Crippen molar-refractivity contribution in [2.45, 2.75) is 18.7 Å². The molecule has 0 atom stereocenters. The molecule has 4 rings (SSSR count). The average Bonchev–Trinajstić information content (AvgIpc) is 3.37. The summed E-state index contributed by atoms with van der Waals surface area (Å²) in [6.07, 6.45) is 0. The van der Waals surface area contributed by atoms with Gasteiger partial charge in [0.15, 0.2) is 0 Å². The predicted molar refractivity (Wildman–Crippen MR) is 114 cm³/mol. The third-order valence-corrected chi connectivity index (χ3v) is 7.64. The molecular weight excluding hydrogens is 406 g/mol. The zero-order valence-corrected chi connectivity index (χ0v) is 17.6. The van der Waals surface area contributed by atoms with Crippen LogP contribution in [0.25, 0.3) is 22.2 Å². The molecule has 4 aromatic rings. The summed E-state index contributed by atoms with van der Waals surface area (Å²) in [6.45, 7) is 3.93. The topological polar surface area (TPSA) is 76.3 Å². The van der Waals surface area contributed by atoms with Gasteiger partial charge in [-0.05, 0) is 32.0 Å². The number of benzene rings is 2. The number of nitrogens with zero attached hydrogens (tertiary/aromatic N) is 3. The van der Waals surface area contributed by atoms with Gasteiger partial charge < -0.3 is 4.52 Å². The van der Waals surface area contributed by atoms with E-state index in [1.807, 2.05) is 55.5 Å². The van der Waals surface area contributed by atoms with Gasteiger partial charge in [-0.25, -0.2) is 8.42 Å². The van der Waals surface area contributed by atoms with Gasteiger partial charge in [-0.2, -0.15) is 4.98 Å². The van der Waals surface area contributed by atoms with Gasteiger partial charge in [-0.15, -0.1) is 11.3 Å². The number of rotatable bonds is 6. The summed E-state index contributed by atoms with van der Waals surface area (Å²) in [5.74, 6) is 0.775. The molecule has 0 fully saturated rings. The molecule has 8 heteroatoms. The van der Waals surface area contributed by atoms with Crippen molar-refractivity contribution in [1.82, 2.24) is 10.1 Å². The molecule has 2 aromatic heterocycles. The SMILES string of the molecule is CCN(c1ccccc1)S(=O)(=O)c1cc(-c2nc(-c3ccccc3)no2)sc1C. The largest absolute Gasteiger partial charge is 0.333 e. The molecular formula is C21H19N3O3S2. The average molecular weight is 426 g/mol. The highest BCUT2D eigenvalue weighted by Crippen LogP contribution is 2.36. The van der Waals surface area contributed by atoms with E-state index >= 15 is 0 Å². The molecule has 0 bridgehead atoms. The maximum atomic E-state index is 13.3. The van der Waals surface area contributed by atoms with Crippen LogP contribution in [0.3, 0.4) is 0 Å². The van der Waals surface area contributed by atoms with E-state index in [4.69, 9.17) is 4.52 Å². The maximum absolute atomic E-state index is 13.3. The monoisotopic (exact) mass is 425 g/mol. The number of aryl methyl sites for hydroxylation is 1. The van der Waals surface area contributed by atoms with Gasteiger partial charge in [0, 0.05) is 17.0 Å². The second kappa shape index (κ2) is 7.81. The van der Waals surface area contributed by atoms with Crippen molar-refractivity contribution in [3.63, 3.8) is 0 Å². The first kappa shape index (κ1) is 19.4. The minimum atomic E-state index is -3.71. The molecule has 0 spiro atoms. The molecule has 2 heterocycles. The number of anilines is 1. The number of hydrogen-bond donors (Lipinski definition) is 0. The van der Waals surface area contributed by atoms with Crippen LogP contribution in [0.5, 0.6) is 0 Å². The van der Waals surface area contributed by atoms with E-state index in [0.717, 1.165) is 5.56 Å². The second-order valence-corrected chi connectivity index (χ2v) is 9.41. The van der Waals surface area contributed by atoms with Crippen LogP contribution in [0.1, 0.15) is 11.8 Å². The van der Waals surface area contributed by atoms with Gasteiger partial charge in [0.05, 0.1) is 10.6 Å². The fraction of sp³-hybridized carbons (Fsp3) is 0.143. The summed E-state index contributed by atoms with van der Waals surface area (Å²) < 4.78 is 33.4. The van der Waals surface area contributed by atoms with E-state index in [1.165, 1.54) is 15.6 Å². The Hall–Kier alpha value is -2.97. The lowest BCUT2D eigenvalue weighted by atomic mass is 10.2. The van der Waals surface area contributed by atoms with Gasteiger partial charge >= 0.3 is 0 Å². The molecule has 0 aliphatic carbocycles. The van der Waals surface area contributed by atoms with Crippen molar-refractivity contribution in [2.75, 3.05) is 10.8 Å². The predicted octanol–water partition coefficient (Wildman–Crippen LogP) is 4.99. The Bertz CT molecular complexity index is 1220. The zero-order chi connectivity index (χ0) is 20.4. The van der Waals surface area contributed by atoms with Crippen LogP contribution in [0.15, 0.2) is 76.1 Å². The molecule has 2 aromatic carbocycles. The number of sulfonamides is 1. The van der Waals surface area contributed by atoms with Crippen LogP contribution in [0.4, 0.5) is 5.69 Å². The lowest BCUT2D eigenvalue weighted by Gasteiger charge is -2.22. The summed E-state index contributed by atoms with van der Waals surface area (Å²) >= 11 is 1.32. The Balaban J connectivity index is 1.70. The molecule has 0 aliphatic rings. The minimum Gasteiger partial charge on any atom is -0.333 e. The lowest BCUT2D eigenvalue weighted by Crippen LogP contribution is -2.30. The standard InChI is InChI=1S/C21H19N3O3S2/c1-3-24(17-12-8-5-9-13-17)29(25,26)19-14-18(28-15(19)2)21-22-20(23-27-21)16-10-6-4-7-11-16/h4-14H,3H2,1-2H3. The first-order chi connectivity index (χ1) is 14.0. The highest BCUT2D eigenvalue weighted by atomic mass is 32.2. The van der Waals surface area contributed by atoms with E-state index in [0.29, 0.717) is 33.7 Å². The van der Waals surface area contributed by atoms with Crippen molar-refractivity contribution >= 4 is 27.0 Å². The van der Waals surface area contributed by atoms with E-state index < -0.39 is 10.0 Å². The van der Waals surface area contributed by atoms with Crippen LogP contribution in [0.2, 0.25) is 0 Å². The highest BCUT2D eigenvalue weighted by Gasteiger charge is 2.28. The first-order valence-corrected chi connectivity index (χ1v) is 11.3. The fourth-order valence-electron chi connectivity index (χ4n) is 3.06. The Kier molecular flexibility index (Phi) is 5.21. The summed E-state index contributed by atoms with van der Waals surface area (Å²) in [5.41, 5.74) is 1.47. The van der Waals surface area contributed by atoms with E-state index in [1.54, 1.807) is 25.1 Å². The Morgan fingerprint density at radius 1 is 1.03 bits per heavy atom. The molecule has 29 heavy (non-hydrogen) atoms. The summed E-state index contributed by atoms with van der Waals surface area (Å²) in [6, 6.07) is 20.2. The number of hydrogen-bond acceptors (Lipinski definition) is 6. The van der Waals surface area contributed by atoms with Crippen molar-refractivity contribution in [2.24, 2.45) is 0 Å². The summed E-state index contributed by atoms with van der Waals surface area (Å²) in [5, 5.41) is 4.02. The smallest absolute Gasteiger partial charge is 0.268 e. The molecule has 0 radical (unpaired) electrons. The molecule has 0 saturated heterocycles. The van der Waals surface area contributed by atoms with Crippen molar-refractivity contribution < 1.29 is 12.9 Å². The maximum Gasteiger partial charge on any atom is 0.268 e. The summed E-state index contributed by atoms with van der Waals surface area (Å²) in [7, 11) is -3.71. The minimum absolute atomic E-state index is 0.252. The van der Waals surface area contributed by atoms with Gasteiger partial charge in [0.2, 0.25) is 5.82 Å². The third-order valence-electron chi connectivity index (χ3n) is 4.44. The normalized spacial score (nSPS) is 11.5. The van der Waals surface area contributed by atoms with E-state index in [9.17, 15) is 8.42 Å². The summed E-state index contributed by atoms with van der Waals surface area (Å²) in [4.78, 5) is 5.99. The van der Waals surface area contributed by atoms with Crippen molar-refractivity contribution in [3.8, 4) is 22.2 Å². The molecule has 0 saturated carbocycles.